The van der Waals surface area contributed by atoms with Crippen LogP contribution in [0.2, 0.25) is 0 Å². The van der Waals surface area contributed by atoms with E-state index in [1.165, 1.54) is 4.90 Å². The van der Waals surface area contributed by atoms with Gasteiger partial charge in [0.15, 0.2) is 5.11 Å². The van der Waals surface area contributed by atoms with Crippen LogP contribution in [0.15, 0.2) is 18.2 Å². The average Bonchev–Trinajstić information content (AvgIpc) is 2.78. The minimum absolute atomic E-state index is 0.0328. The molecule has 2 heterocycles. The molecule has 3 rings (SSSR count). The molecule has 0 aromatic heterocycles. The van der Waals surface area contributed by atoms with E-state index < -0.39 is 6.03 Å². The molecule has 2 atom stereocenters. The standard InChI is InChI=1S/C13H15N3O3S/c1-7-10-6-15(12(14)17)13(20)16(10)9-5-8(18-2)3-4-11(9)19-7/h3-5,7,10H,6H2,1-2H3,(H2,14,17). The number of nitrogens with two attached hydrogens (primary N) is 1. The van der Waals surface area contributed by atoms with Crippen LogP contribution < -0.4 is 20.1 Å². The lowest BCUT2D eigenvalue weighted by molar-refractivity contribution is 0.175. The first-order chi connectivity index (χ1) is 9.52. The van der Waals surface area contributed by atoms with Gasteiger partial charge in [-0.25, -0.2) is 4.79 Å². The van der Waals surface area contributed by atoms with Crippen molar-refractivity contribution in [3.8, 4) is 11.5 Å². The van der Waals surface area contributed by atoms with E-state index in [4.69, 9.17) is 27.4 Å². The largest absolute Gasteiger partial charge is 0.497 e. The van der Waals surface area contributed by atoms with Gasteiger partial charge < -0.3 is 20.1 Å². The molecule has 0 bridgehead atoms. The molecule has 2 amide bonds. The molecule has 1 aromatic carbocycles. The van der Waals surface area contributed by atoms with E-state index in [9.17, 15) is 4.79 Å². The first-order valence-electron chi connectivity index (χ1n) is 6.27. The Morgan fingerprint density at radius 2 is 2.30 bits per heavy atom. The molecule has 0 aliphatic carbocycles. The number of fused-ring (bicyclic) bond motifs is 3. The highest BCUT2D eigenvalue weighted by Gasteiger charge is 2.45. The SMILES string of the molecule is COc1ccc2c(c1)N1C(=S)N(C(N)=O)CC1C(C)O2. The number of hydrogen-bond donors (Lipinski definition) is 1. The molecule has 0 saturated carbocycles. The van der Waals surface area contributed by atoms with Crippen molar-refractivity contribution in [2.75, 3.05) is 18.6 Å². The quantitative estimate of drug-likeness (QED) is 0.791. The van der Waals surface area contributed by atoms with Crippen molar-refractivity contribution in [1.82, 2.24) is 4.90 Å². The number of nitrogens with zero attached hydrogens (tertiary/aromatic N) is 2. The van der Waals surface area contributed by atoms with E-state index in [2.05, 4.69) is 0 Å². The van der Waals surface area contributed by atoms with Gasteiger partial charge in [-0.05, 0) is 31.3 Å². The maximum absolute atomic E-state index is 11.5. The highest BCUT2D eigenvalue weighted by molar-refractivity contribution is 7.80. The molecule has 0 radical (unpaired) electrons. The number of carbonyl (C=O) groups is 1. The monoisotopic (exact) mass is 293 g/mol. The highest BCUT2D eigenvalue weighted by Crippen LogP contribution is 2.41. The number of ether oxygens (including phenoxy) is 2. The van der Waals surface area contributed by atoms with E-state index in [1.54, 1.807) is 7.11 Å². The predicted molar refractivity (Wildman–Crippen MR) is 78.2 cm³/mol. The number of amides is 2. The zero-order valence-corrected chi connectivity index (χ0v) is 12.0. The van der Waals surface area contributed by atoms with Gasteiger partial charge in [0, 0.05) is 6.07 Å². The van der Waals surface area contributed by atoms with E-state index in [1.807, 2.05) is 30.0 Å². The molecular formula is C13H15N3O3S. The van der Waals surface area contributed by atoms with E-state index in [-0.39, 0.29) is 12.1 Å². The molecule has 1 fully saturated rings. The van der Waals surface area contributed by atoms with Crippen LogP contribution in [-0.4, -0.2) is 41.8 Å². The Kier molecular flexibility index (Phi) is 2.93. The molecule has 0 spiro atoms. The molecule has 2 unspecified atom stereocenters. The maximum atomic E-state index is 11.5. The van der Waals surface area contributed by atoms with Crippen molar-refractivity contribution >= 4 is 29.0 Å². The number of thiocarbonyl (C=S) groups is 1. The lowest BCUT2D eigenvalue weighted by Gasteiger charge is -2.36. The van der Waals surface area contributed by atoms with E-state index >= 15 is 0 Å². The van der Waals surface area contributed by atoms with Crippen molar-refractivity contribution in [3.05, 3.63) is 18.2 Å². The highest BCUT2D eigenvalue weighted by atomic mass is 32.1. The van der Waals surface area contributed by atoms with Gasteiger partial charge in [0.25, 0.3) is 0 Å². The van der Waals surface area contributed by atoms with Crippen LogP contribution in [0.1, 0.15) is 6.92 Å². The summed E-state index contributed by atoms with van der Waals surface area (Å²) in [5.74, 6) is 1.43. The van der Waals surface area contributed by atoms with Crippen LogP contribution in [0, 0.1) is 0 Å². The summed E-state index contributed by atoms with van der Waals surface area (Å²) in [6.07, 6.45) is -0.0850. The molecule has 2 aliphatic heterocycles. The number of urea groups is 1. The molecule has 1 saturated heterocycles. The second-order valence-corrected chi connectivity index (χ2v) is 5.19. The Bertz CT molecular complexity index is 592. The van der Waals surface area contributed by atoms with Crippen molar-refractivity contribution in [1.29, 1.82) is 0 Å². The summed E-state index contributed by atoms with van der Waals surface area (Å²) >= 11 is 5.38. The smallest absolute Gasteiger partial charge is 0.321 e. The van der Waals surface area contributed by atoms with Gasteiger partial charge in [-0.2, -0.15) is 0 Å². The zero-order valence-electron chi connectivity index (χ0n) is 11.2. The van der Waals surface area contributed by atoms with Crippen molar-refractivity contribution < 1.29 is 14.3 Å². The van der Waals surface area contributed by atoms with Gasteiger partial charge in [0.1, 0.15) is 17.6 Å². The molecule has 6 nitrogen and oxygen atoms in total. The van der Waals surface area contributed by atoms with Gasteiger partial charge in [-0.1, -0.05) is 0 Å². The third-order valence-electron chi connectivity index (χ3n) is 3.68. The molecule has 7 heteroatoms. The van der Waals surface area contributed by atoms with Gasteiger partial charge in [-0.15, -0.1) is 0 Å². The van der Waals surface area contributed by atoms with Crippen LogP contribution in [0.4, 0.5) is 10.5 Å². The van der Waals surface area contributed by atoms with Crippen molar-refractivity contribution in [3.63, 3.8) is 0 Å². The third kappa shape index (κ3) is 1.77. The summed E-state index contributed by atoms with van der Waals surface area (Å²) in [6.45, 7) is 2.39. The normalized spacial score (nSPS) is 24.0. The fourth-order valence-electron chi connectivity index (χ4n) is 2.63. The summed E-state index contributed by atoms with van der Waals surface area (Å²) < 4.78 is 11.1. The van der Waals surface area contributed by atoms with E-state index in [0.29, 0.717) is 17.4 Å². The minimum Gasteiger partial charge on any atom is -0.497 e. The number of benzene rings is 1. The van der Waals surface area contributed by atoms with Crippen LogP contribution in [0.3, 0.4) is 0 Å². The van der Waals surface area contributed by atoms with Crippen molar-refractivity contribution in [2.24, 2.45) is 5.73 Å². The Balaban J connectivity index is 2.07. The predicted octanol–water partition coefficient (Wildman–Crippen LogP) is 1.33. The van der Waals surface area contributed by atoms with Gasteiger partial charge in [0.05, 0.1) is 25.4 Å². The number of primary amides is 1. The van der Waals surface area contributed by atoms with Gasteiger partial charge in [0.2, 0.25) is 0 Å². The lowest BCUT2D eigenvalue weighted by atomic mass is 10.1. The van der Waals surface area contributed by atoms with Crippen LogP contribution >= 0.6 is 12.2 Å². The number of methoxy groups -OCH3 is 1. The number of rotatable bonds is 1. The Labute approximate surface area is 122 Å². The molecule has 106 valence electrons. The second-order valence-electron chi connectivity index (χ2n) is 4.83. The summed E-state index contributed by atoms with van der Waals surface area (Å²) in [5.41, 5.74) is 6.18. The lowest BCUT2D eigenvalue weighted by Crippen LogP contribution is -2.47. The first kappa shape index (κ1) is 13.0. The molecule has 2 aliphatic rings. The topological polar surface area (TPSA) is 68.0 Å². The average molecular weight is 293 g/mol. The van der Waals surface area contributed by atoms with Gasteiger partial charge >= 0.3 is 6.03 Å². The second kappa shape index (κ2) is 4.52. The summed E-state index contributed by atoms with van der Waals surface area (Å²) in [7, 11) is 1.60. The van der Waals surface area contributed by atoms with Crippen molar-refractivity contribution in [2.45, 2.75) is 19.1 Å². The summed E-state index contributed by atoms with van der Waals surface area (Å²) in [5, 5.41) is 0.409. The van der Waals surface area contributed by atoms with E-state index in [0.717, 1.165) is 11.4 Å². The van der Waals surface area contributed by atoms with Gasteiger partial charge in [-0.3, -0.25) is 4.90 Å². The summed E-state index contributed by atoms with van der Waals surface area (Å²) in [6, 6.07) is 4.95. The molecule has 1 aromatic rings. The number of anilines is 1. The Hall–Kier alpha value is -2.02. The fraction of sp³-hybridized carbons (Fsp3) is 0.385. The minimum atomic E-state index is -0.541. The van der Waals surface area contributed by atoms with Crippen LogP contribution in [0.5, 0.6) is 11.5 Å². The maximum Gasteiger partial charge on any atom is 0.321 e. The fourth-order valence-corrected chi connectivity index (χ4v) is 3.03. The molecular weight excluding hydrogens is 278 g/mol. The zero-order chi connectivity index (χ0) is 14.4. The number of carbonyl (C=O) groups excluding carboxylic acids is 1. The molecule has 20 heavy (non-hydrogen) atoms. The van der Waals surface area contributed by atoms with Crippen LogP contribution in [0.25, 0.3) is 0 Å². The van der Waals surface area contributed by atoms with Crippen LogP contribution in [-0.2, 0) is 0 Å². The Morgan fingerprint density at radius 1 is 1.55 bits per heavy atom. The molecule has 2 N–H and O–H groups in total. The third-order valence-corrected chi connectivity index (χ3v) is 4.10. The Morgan fingerprint density at radius 3 is 2.95 bits per heavy atom. The number of hydrogen-bond acceptors (Lipinski definition) is 4. The summed E-state index contributed by atoms with van der Waals surface area (Å²) in [4.78, 5) is 14.8. The first-order valence-corrected chi connectivity index (χ1v) is 6.68.